The molecule has 0 fully saturated rings. The zero-order valence-corrected chi connectivity index (χ0v) is 12.0. The van der Waals surface area contributed by atoms with Gasteiger partial charge in [-0.15, -0.1) is 11.3 Å². The Balaban J connectivity index is 2.27. The van der Waals surface area contributed by atoms with Crippen LogP contribution in [-0.4, -0.2) is 23.5 Å². The summed E-state index contributed by atoms with van der Waals surface area (Å²) in [5.74, 6) is 0. The third-order valence-corrected chi connectivity index (χ3v) is 3.57. The van der Waals surface area contributed by atoms with Gasteiger partial charge < -0.3 is 4.90 Å². The molecule has 1 aromatic heterocycles. The highest BCUT2D eigenvalue weighted by atomic mass is 32.1. The maximum Gasteiger partial charge on any atom is 0.0897 e. The summed E-state index contributed by atoms with van der Waals surface area (Å²) in [5, 5.41) is 12.2. The summed E-state index contributed by atoms with van der Waals surface area (Å²) in [6.45, 7) is 7.94. The third kappa shape index (κ3) is 5.29. The first-order valence-corrected chi connectivity index (χ1v) is 6.82. The van der Waals surface area contributed by atoms with Crippen LogP contribution in [0.1, 0.15) is 37.4 Å². The van der Waals surface area contributed by atoms with Crippen molar-refractivity contribution < 1.29 is 0 Å². The van der Waals surface area contributed by atoms with Gasteiger partial charge in [0.25, 0.3) is 0 Å². The molecule has 94 valence electrons. The van der Waals surface area contributed by atoms with E-state index in [2.05, 4.69) is 28.4 Å². The van der Waals surface area contributed by atoms with Crippen LogP contribution in [-0.2, 0) is 6.54 Å². The molecule has 0 radical (unpaired) electrons. The van der Waals surface area contributed by atoms with Crippen LogP contribution in [0.25, 0.3) is 0 Å². The Morgan fingerprint density at radius 2 is 2.24 bits per heavy atom. The Kier molecular flexibility index (Phi) is 5.10. The quantitative estimate of drug-likeness (QED) is 0.779. The fourth-order valence-electron chi connectivity index (χ4n) is 1.68. The summed E-state index contributed by atoms with van der Waals surface area (Å²) in [6.07, 6.45) is 2.00. The van der Waals surface area contributed by atoms with Crippen LogP contribution in [0.5, 0.6) is 0 Å². The van der Waals surface area contributed by atoms with Gasteiger partial charge in [0.2, 0.25) is 0 Å². The van der Waals surface area contributed by atoms with Gasteiger partial charge in [0.05, 0.1) is 22.2 Å². The minimum Gasteiger partial charge on any atom is -0.301 e. The summed E-state index contributed by atoms with van der Waals surface area (Å²) in [7, 11) is 2.11. The van der Waals surface area contributed by atoms with E-state index >= 15 is 0 Å². The third-order valence-electron chi connectivity index (χ3n) is 2.74. The monoisotopic (exact) mass is 251 g/mol. The number of thiazole rings is 1. The molecule has 3 nitrogen and oxygen atoms in total. The standard InChI is InChI=1S/C13H21N3S/c1-11-15-12(9-17-11)8-16(4)7-5-6-13(2,3)10-14/h9H,5-8H2,1-4H3. The summed E-state index contributed by atoms with van der Waals surface area (Å²) in [6, 6.07) is 2.34. The minimum absolute atomic E-state index is 0.196. The lowest BCUT2D eigenvalue weighted by Crippen LogP contribution is -2.21. The van der Waals surface area contributed by atoms with Crippen molar-refractivity contribution in [2.24, 2.45) is 5.41 Å². The first-order chi connectivity index (χ1) is 7.93. The van der Waals surface area contributed by atoms with E-state index in [1.165, 1.54) is 0 Å². The molecule has 0 amide bonds. The van der Waals surface area contributed by atoms with Crippen LogP contribution in [0.3, 0.4) is 0 Å². The van der Waals surface area contributed by atoms with Gasteiger partial charge in [0, 0.05) is 11.9 Å². The lowest BCUT2D eigenvalue weighted by molar-refractivity contribution is 0.295. The molecule has 0 aliphatic carbocycles. The van der Waals surface area contributed by atoms with Crippen LogP contribution in [0.4, 0.5) is 0 Å². The molecule has 1 heterocycles. The average Bonchev–Trinajstić information content (AvgIpc) is 2.63. The molecular weight excluding hydrogens is 230 g/mol. The van der Waals surface area contributed by atoms with Crippen molar-refractivity contribution in [2.45, 2.75) is 40.2 Å². The molecule has 0 spiro atoms. The normalized spacial score (nSPS) is 11.8. The lowest BCUT2D eigenvalue weighted by Gasteiger charge is -2.19. The zero-order chi connectivity index (χ0) is 12.9. The van der Waals surface area contributed by atoms with Crippen molar-refractivity contribution in [1.82, 2.24) is 9.88 Å². The van der Waals surface area contributed by atoms with E-state index in [9.17, 15) is 0 Å². The van der Waals surface area contributed by atoms with Crippen molar-refractivity contribution in [3.8, 4) is 6.07 Å². The Morgan fingerprint density at radius 1 is 1.53 bits per heavy atom. The molecule has 4 heteroatoms. The number of hydrogen-bond donors (Lipinski definition) is 0. The molecule has 0 unspecified atom stereocenters. The van der Waals surface area contributed by atoms with Crippen LogP contribution in [0, 0.1) is 23.7 Å². The van der Waals surface area contributed by atoms with E-state index in [-0.39, 0.29) is 5.41 Å². The summed E-state index contributed by atoms with van der Waals surface area (Å²) in [5.41, 5.74) is 0.951. The van der Waals surface area contributed by atoms with Gasteiger partial charge in [-0.05, 0) is 47.2 Å². The second-order valence-corrected chi connectivity index (χ2v) is 6.26. The highest BCUT2D eigenvalue weighted by Crippen LogP contribution is 2.20. The summed E-state index contributed by atoms with van der Waals surface area (Å²) >= 11 is 1.70. The number of rotatable bonds is 6. The van der Waals surface area contributed by atoms with E-state index in [0.29, 0.717) is 0 Å². The fraction of sp³-hybridized carbons (Fsp3) is 0.692. The highest BCUT2D eigenvalue weighted by molar-refractivity contribution is 7.09. The maximum atomic E-state index is 8.92. The topological polar surface area (TPSA) is 39.9 Å². The molecule has 17 heavy (non-hydrogen) atoms. The summed E-state index contributed by atoms with van der Waals surface area (Å²) < 4.78 is 0. The van der Waals surface area contributed by atoms with Gasteiger partial charge in [-0.1, -0.05) is 0 Å². The van der Waals surface area contributed by atoms with Gasteiger partial charge in [-0.3, -0.25) is 0 Å². The SMILES string of the molecule is Cc1nc(CN(C)CCCC(C)(C)C#N)cs1. The first-order valence-electron chi connectivity index (χ1n) is 5.94. The molecule has 0 bridgehead atoms. The Hall–Kier alpha value is -0.920. The number of hydrogen-bond acceptors (Lipinski definition) is 4. The molecule has 1 aromatic rings. The lowest BCUT2D eigenvalue weighted by atomic mass is 9.90. The van der Waals surface area contributed by atoms with Crippen LogP contribution in [0.15, 0.2) is 5.38 Å². The predicted octanol–water partition coefficient (Wildman–Crippen LogP) is 3.21. The Morgan fingerprint density at radius 3 is 2.76 bits per heavy atom. The van der Waals surface area contributed by atoms with Crippen molar-refractivity contribution in [3.63, 3.8) is 0 Å². The van der Waals surface area contributed by atoms with Crippen LogP contribution < -0.4 is 0 Å². The minimum atomic E-state index is -0.196. The second-order valence-electron chi connectivity index (χ2n) is 5.19. The van der Waals surface area contributed by atoms with E-state index in [4.69, 9.17) is 5.26 Å². The van der Waals surface area contributed by atoms with E-state index in [1.54, 1.807) is 11.3 Å². The van der Waals surface area contributed by atoms with E-state index < -0.39 is 0 Å². The average molecular weight is 251 g/mol. The van der Waals surface area contributed by atoms with Gasteiger partial charge in [0.15, 0.2) is 0 Å². The van der Waals surface area contributed by atoms with Gasteiger partial charge in [0.1, 0.15) is 0 Å². The van der Waals surface area contributed by atoms with Crippen molar-refractivity contribution in [2.75, 3.05) is 13.6 Å². The molecule has 0 N–H and O–H groups in total. The number of nitriles is 1. The number of nitrogens with zero attached hydrogens (tertiary/aromatic N) is 3. The fourth-order valence-corrected chi connectivity index (χ4v) is 2.29. The van der Waals surface area contributed by atoms with Crippen molar-refractivity contribution in [3.05, 3.63) is 16.1 Å². The molecule has 0 saturated carbocycles. The van der Waals surface area contributed by atoms with Crippen molar-refractivity contribution in [1.29, 1.82) is 5.26 Å². The van der Waals surface area contributed by atoms with E-state index in [0.717, 1.165) is 36.6 Å². The van der Waals surface area contributed by atoms with Crippen LogP contribution >= 0.6 is 11.3 Å². The Bertz CT molecular complexity index is 390. The van der Waals surface area contributed by atoms with E-state index in [1.807, 2.05) is 20.8 Å². The summed E-state index contributed by atoms with van der Waals surface area (Å²) in [4.78, 5) is 6.71. The zero-order valence-electron chi connectivity index (χ0n) is 11.2. The van der Waals surface area contributed by atoms with Gasteiger partial charge >= 0.3 is 0 Å². The molecular formula is C13H21N3S. The number of aryl methyl sites for hydroxylation is 1. The molecule has 0 aliphatic heterocycles. The molecule has 0 aliphatic rings. The second kappa shape index (κ2) is 6.13. The van der Waals surface area contributed by atoms with Crippen molar-refractivity contribution >= 4 is 11.3 Å². The first kappa shape index (κ1) is 14.1. The largest absolute Gasteiger partial charge is 0.301 e. The number of aromatic nitrogens is 1. The highest BCUT2D eigenvalue weighted by Gasteiger charge is 2.16. The van der Waals surface area contributed by atoms with Gasteiger partial charge in [-0.2, -0.15) is 5.26 Å². The Labute approximate surface area is 108 Å². The molecule has 0 atom stereocenters. The predicted molar refractivity (Wildman–Crippen MR) is 71.8 cm³/mol. The molecule has 0 saturated heterocycles. The van der Waals surface area contributed by atoms with Gasteiger partial charge in [-0.25, -0.2) is 4.98 Å². The smallest absolute Gasteiger partial charge is 0.0897 e. The maximum absolute atomic E-state index is 8.92. The van der Waals surface area contributed by atoms with Crippen LogP contribution in [0.2, 0.25) is 0 Å². The molecule has 1 rings (SSSR count). The molecule has 0 aromatic carbocycles.